The maximum absolute atomic E-state index is 6.24. The number of methoxy groups -OCH3 is 1. The summed E-state index contributed by atoms with van der Waals surface area (Å²) in [4.78, 5) is 2.58. The Morgan fingerprint density at radius 1 is 1.45 bits per heavy atom. The van der Waals surface area contributed by atoms with E-state index in [1.165, 1.54) is 12.0 Å². The van der Waals surface area contributed by atoms with Crippen LogP contribution in [-0.4, -0.2) is 56.4 Å². The van der Waals surface area contributed by atoms with Gasteiger partial charge in [-0.1, -0.05) is 12.1 Å². The zero-order valence-corrected chi connectivity index (χ0v) is 13.8. The highest BCUT2D eigenvalue weighted by Gasteiger charge is 2.41. The molecule has 2 aliphatic heterocycles. The van der Waals surface area contributed by atoms with E-state index in [9.17, 15) is 0 Å². The lowest BCUT2D eigenvalue weighted by molar-refractivity contribution is -0.137. The van der Waals surface area contributed by atoms with E-state index in [2.05, 4.69) is 35.3 Å². The van der Waals surface area contributed by atoms with Crippen molar-refractivity contribution in [3.8, 4) is 5.75 Å². The first kappa shape index (κ1) is 15.8. The molecule has 0 radical (unpaired) electrons. The van der Waals surface area contributed by atoms with Crippen molar-refractivity contribution in [3.05, 3.63) is 29.8 Å². The van der Waals surface area contributed by atoms with Gasteiger partial charge in [-0.25, -0.2) is 0 Å². The summed E-state index contributed by atoms with van der Waals surface area (Å²) in [6, 6.07) is 8.41. The average Bonchev–Trinajstić information content (AvgIpc) is 2.94. The number of benzene rings is 1. The van der Waals surface area contributed by atoms with Crippen LogP contribution in [0.25, 0.3) is 0 Å². The van der Waals surface area contributed by atoms with Gasteiger partial charge in [0.15, 0.2) is 0 Å². The number of hydrogen-bond acceptors (Lipinski definition) is 4. The number of nitrogens with one attached hydrogen (secondary N) is 1. The Kier molecular flexibility index (Phi) is 5.01. The molecular formula is C18H28N2O2. The van der Waals surface area contributed by atoms with Crippen molar-refractivity contribution in [1.82, 2.24) is 10.2 Å². The minimum absolute atomic E-state index is 0.0631. The molecule has 2 saturated heterocycles. The van der Waals surface area contributed by atoms with E-state index in [1.807, 2.05) is 6.07 Å². The van der Waals surface area contributed by atoms with E-state index in [-0.39, 0.29) is 5.60 Å². The first-order valence-electron chi connectivity index (χ1n) is 8.43. The number of rotatable bonds is 5. The SMILES string of the molecule is COc1cccc(CCCN2CC(C)OC3(CCNC3)C2)c1. The van der Waals surface area contributed by atoms with Gasteiger partial charge in [0.2, 0.25) is 0 Å². The van der Waals surface area contributed by atoms with E-state index in [4.69, 9.17) is 9.47 Å². The van der Waals surface area contributed by atoms with Gasteiger partial charge >= 0.3 is 0 Å². The van der Waals surface area contributed by atoms with Crippen LogP contribution in [-0.2, 0) is 11.2 Å². The molecule has 22 heavy (non-hydrogen) atoms. The lowest BCUT2D eigenvalue weighted by Crippen LogP contribution is -2.56. The highest BCUT2D eigenvalue weighted by atomic mass is 16.5. The Morgan fingerprint density at radius 3 is 3.14 bits per heavy atom. The second-order valence-corrected chi connectivity index (χ2v) is 6.73. The van der Waals surface area contributed by atoms with E-state index in [1.54, 1.807) is 7.11 Å². The molecule has 0 bridgehead atoms. The molecule has 4 heteroatoms. The third kappa shape index (κ3) is 3.80. The Labute approximate surface area is 133 Å². The Hall–Kier alpha value is -1.10. The van der Waals surface area contributed by atoms with Crippen molar-refractivity contribution in [2.24, 2.45) is 0 Å². The fraction of sp³-hybridized carbons (Fsp3) is 0.667. The average molecular weight is 304 g/mol. The summed E-state index contributed by atoms with van der Waals surface area (Å²) in [6.07, 6.45) is 3.77. The van der Waals surface area contributed by atoms with Crippen LogP contribution < -0.4 is 10.1 Å². The highest BCUT2D eigenvalue weighted by Crippen LogP contribution is 2.27. The molecule has 1 aromatic carbocycles. The second kappa shape index (κ2) is 6.99. The van der Waals surface area contributed by atoms with Crippen LogP contribution >= 0.6 is 0 Å². The predicted molar refractivity (Wildman–Crippen MR) is 88.5 cm³/mol. The predicted octanol–water partition coefficient (Wildman–Crippen LogP) is 2.08. The van der Waals surface area contributed by atoms with Crippen LogP contribution in [0.2, 0.25) is 0 Å². The van der Waals surface area contributed by atoms with Gasteiger partial charge in [0.05, 0.1) is 18.8 Å². The lowest BCUT2D eigenvalue weighted by atomic mass is 9.98. The Morgan fingerprint density at radius 2 is 2.36 bits per heavy atom. The molecule has 1 aromatic rings. The number of aryl methyl sites for hydroxylation is 1. The summed E-state index contributed by atoms with van der Waals surface area (Å²) >= 11 is 0. The lowest BCUT2D eigenvalue weighted by Gasteiger charge is -2.43. The van der Waals surface area contributed by atoms with E-state index >= 15 is 0 Å². The van der Waals surface area contributed by atoms with Crippen LogP contribution in [0.1, 0.15) is 25.3 Å². The van der Waals surface area contributed by atoms with Crippen LogP contribution in [0.15, 0.2) is 24.3 Å². The summed E-state index contributed by atoms with van der Waals surface area (Å²) in [5.41, 5.74) is 1.42. The molecule has 2 fully saturated rings. The molecule has 0 saturated carbocycles. The Balaban J connectivity index is 1.50. The quantitative estimate of drug-likeness (QED) is 0.903. The monoisotopic (exact) mass is 304 g/mol. The molecule has 2 atom stereocenters. The third-order valence-corrected chi connectivity index (χ3v) is 4.76. The van der Waals surface area contributed by atoms with Crippen LogP contribution in [0.5, 0.6) is 5.75 Å². The van der Waals surface area contributed by atoms with Gasteiger partial charge in [0.25, 0.3) is 0 Å². The van der Waals surface area contributed by atoms with E-state index < -0.39 is 0 Å². The first-order valence-corrected chi connectivity index (χ1v) is 8.43. The van der Waals surface area contributed by atoms with Gasteiger partial charge in [-0.05, 0) is 57.0 Å². The van der Waals surface area contributed by atoms with Gasteiger partial charge in [-0.3, -0.25) is 4.90 Å². The number of morpholine rings is 1. The van der Waals surface area contributed by atoms with E-state index in [0.717, 1.165) is 51.3 Å². The topological polar surface area (TPSA) is 33.7 Å². The van der Waals surface area contributed by atoms with Crippen LogP contribution in [0, 0.1) is 0 Å². The van der Waals surface area contributed by atoms with Crippen molar-refractivity contribution >= 4 is 0 Å². The van der Waals surface area contributed by atoms with E-state index in [0.29, 0.717) is 6.10 Å². The molecule has 4 nitrogen and oxygen atoms in total. The summed E-state index contributed by atoms with van der Waals surface area (Å²) in [5, 5.41) is 3.45. The van der Waals surface area contributed by atoms with Crippen molar-refractivity contribution in [1.29, 1.82) is 0 Å². The molecular weight excluding hydrogens is 276 g/mol. The summed E-state index contributed by atoms with van der Waals surface area (Å²) in [5.74, 6) is 0.952. The standard InChI is InChI=1S/C18H28N2O2/c1-15-12-20(14-18(22-15)8-9-19-13-18)10-4-6-16-5-3-7-17(11-16)21-2/h3,5,7,11,15,19H,4,6,8-10,12-14H2,1-2H3. The van der Waals surface area contributed by atoms with Crippen LogP contribution in [0.3, 0.4) is 0 Å². The molecule has 3 rings (SSSR count). The zero-order chi connectivity index (χ0) is 15.4. The molecule has 2 unspecified atom stereocenters. The molecule has 1 spiro atoms. The molecule has 0 aliphatic carbocycles. The van der Waals surface area contributed by atoms with Crippen molar-refractivity contribution in [2.45, 2.75) is 37.9 Å². The maximum Gasteiger partial charge on any atom is 0.119 e. The summed E-state index contributed by atoms with van der Waals surface area (Å²) < 4.78 is 11.5. The molecule has 0 amide bonds. The first-order chi connectivity index (χ1) is 10.7. The molecule has 2 aliphatic rings. The molecule has 1 N–H and O–H groups in total. The normalized spacial score (nSPS) is 29.1. The van der Waals surface area contributed by atoms with Crippen LogP contribution in [0.4, 0.5) is 0 Å². The number of nitrogens with zero attached hydrogens (tertiary/aromatic N) is 1. The van der Waals surface area contributed by atoms with Gasteiger partial charge in [0.1, 0.15) is 5.75 Å². The number of hydrogen-bond donors (Lipinski definition) is 1. The minimum atomic E-state index is 0.0631. The van der Waals surface area contributed by atoms with Crippen molar-refractivity contribution < 1.29 is 9.47 Å². The zero-order valence-electron chi connectivity index (χ0n) is 13.8. The molecule has 2 heterocycles. The minimum Gasteiger partial charge on any atom is -0.497 e. The molecule has 0 aromatic heterocycles. The largest absolute Gasteiger partial charge is 0.497 e. The van der Waals surface area contributed by atoms with Crippen molar-refractivity contribution in [2.75, 3.05) is 39.8 Å². The second-order valence-electron chi connectivity index (χ2n) is 6.73. The fourth-order valence-corrected chi connectivity index (χ4v) is 3.80. The summed E-state index contributed by atoms with van der Waals surface area (Å²) in [7, 11) is 1.73. The smallest absolute Gasteiger partial charge is 0.119 e. The van der Waals surface area contributed by atoms with Gasteiger partial charge in [-0.2, -0.15) is 0 Å². The number of ether oxygens (including phenoxy) is 2. The third-order valence-electron chi connectivity index (χ3n) is 4.76. The fourth-order valence-electron chi connectivity index (χ4n) is 3.80. The summed E-state index contributed by atoms with van der Waals surface area (Å²) in [6.45, 7) is 7.57. The van der Waals surface area contributed by atoms with Gasteiger partial charge in [-0.15, -0.1) is 0 Å². The maximum atomic E-state index is 6.24. The molecule has 122 valence electrons. The van der Waals surface area contributed by atoms with Gasteiger partial charge in [0, 0.05) is 19.6 Å². The van der Waals surface area contributed by atoms with Gasteiger partial charge < -0.3 is 14.8 Å². The Bertz CT molecular complexity index is 486. The van der Waals surface area contributed by atoms with Crippen molar-refractivity contribution in [3.63, 3.8) is 0 Å². The highest BCUT2D eigenvalue weighted by molar-refractivity contribution is 5.28.